The second kappa shape index (κ2) is 3.52. The summed E-state index contributed by atoms with van der Waals surface area (Å²) in [7, 11) is 5.32. The van der Waals surface area contributed by atoms with Gasteiger partial charge in [-0.25, -0.2) is 0 Å². The molecule has 1 heterocycles. The van der Waals surface area contributed by atoms with E-state index < -0.39 is 0 Å². The minimum atomic E-state index is 0.286. The molecule has 0 aromatic heterocycles. The van der Waals surface area contributed by atoms with Crippen LogP contribution >= 0.6 is 0 Å². The van der Waals surface area contributed by atoms with Crippen molar-refractivity contribution < 1.29 is 9.47 Å². The molecule has 0 amide bonds. The molecule has 3 heteroatoms. The molecule has 12 heavy (non-hydrogen) atoms. The van der Waals surface area contributed by atoms with Gasteiger partial charge < -0.3 is 14.4 Å². The van der Waals surface area contributed by atoms with Crippen molar-refractivity contribution in [1.82, 2.24) is 4.90 Å². The van der Waals surface area contributed by atoms with Crippen molar-refractivity contribution in [1.29, 1.82) is 0 Å². The second-order valence-corrected chi connectivity index (χ2v) is 2.83. The van der Waals surface area contributed by atoms with E-state index >= 15 is 0 Å². The monoisotopic (exact) mass is 169 g/mol. The topological polar surface area (TPSA) is 21.7 Å². The molecule has 3 nitrogen and oxygen atoms in total. The number of likely N-dealkylation sites (N-methyl/N-ethyl adjacent to an activating group) is 1. The maximum atomic E-state index is 5.20. The molecular formula is C9H15NO2. The van der Waals surface area contributed by atoms with Crippen LogP contribution in [0.2, 0.25) is 0 Å². The maximum absolute atomic E-state index is 5.20. The fourth-order valence-corrected chi connectivity index (χ4v) is 1.15. The molecule has 1 aliphatic rings. The Morgan fingerprint density at radius 1 is 1.33 bits per heavy atom. The lowest BCUT2D eigenvalue weighted by Gasteiger charge is -2.28. The van der Waals surface area contributed by atoms with Gasteiger partial charge in [0.25, 0.3) is 0 Å². The summed E-state index contributed by atoms with van der Waals surface area (Å²) in [6.45, 7) is 2.08. The highest BCUT2D eigenvalue weighted by Gasteiger charge is 2.18. The van der Waals surface area contributed by atoms with Crippen LogP contribution in [-0.2, 0) is 9.47 Å². The highest BCUT2D eigenvalue weighted by atomic mass is 16.5. The molecule has 1 atom stereocenters. The third kappa shape index (κ3) is 1.55. The Morgan fingerprint density at radius 3 is 2.50 bits per heavy atom. The first kappa shape index (κ1) is 8.97. The summed E-state index contributed by atoms with van der Waals surface area (Å²) < 4.78 is 10.3. The molecular weight excluding hydrogens is 154 g/mol. The van der Waals surface area contributed by atoms with Crippen molar-refractivity contribution in [2.24, 2.45) is 0 Å². The van der Waals surface area contributed by atoms with E-state index in [1.165, 1.54) is 0 Å². The molecule has 1 rings (SSSR count). The van der Waals surface area contributed by atoms with Gasteiger partial charge >= 0.3 is 0 Å². The van der Waals surface area contributed by atoms with E-state index in [9.17, 15) is 0 Å². The summed E-state index contributed by atoms with van der Waals surface area (Å²) in [5, 5.41) is 0. The van der Waals surface area contributed by atoms with Gasteiger partial charge in [-0.15, -0.1) is 0 Å². The van der Waals surface area contributed by atoms with Gasteiger partial charge in [0.1, 0.15) is 11.5 Å². The van der Waals surface area contributed by atoms with Crippen LogP contribution in [0.4, 0.5) is 0 Å². The Labute approximate surface area is 73.3 Å². The van der Waals surface area contributed by atoms with E-state index in [0.717, 1.165) is 11.5 Å². The number of rotatable bonds is 2. The molecule has 0 bridgehead atoms. The third-order valence-electron chi connectivity index (χ3n) is 2.11. The highest BCUT2D eigenvalue weighted by molar-refractivity contribution is 5.23. The van der Waals surface area contributed by atoms with Crippen molar-refractivity contribution in [3.8, 4) is 0 Å². The van der Waals surface area contributed by atoms with E-state index in [4.69, 9.17) is 9.47 Å². The molecule has 0 saturated carbocycles. The molecule has 0 spiro atoms. The molecule has 1 aliphatic heterocycles. The molecule has 0 aromatic rings. The minimum absolute atomic E-state index is 0.286. The number of hydrogen-bond donors (Lipinski definition) is 0. The number of hydrogen-bond acceptors (Lipinski definition) is 3. The van der Waals surface area contributed by atoms with E-state index in [1.807, 2.05) is 19.3 Å². The van der Waals surface area contributed by atoms with Gasteiger partial charge in [0, 0.05) is 19.3 Å². The predicted molar refractivity (Wildman–Crippen MR) is 47.4 cm³/mol. The van der Waals surface area contributed by atoms with Crippen molar-refractivity contribution in [3.05, 3.63) is 23.8 Å². The third-order valence-corrected chi connectivity index (χ3v) is 2.11. The Morgan fingerprint density at radius 2 is 2.00 bits per heavy atom. The van der Waals surface area contributed by atoms with Crippen LogP contribution < -0.4 is 0 Å². The van der Waals surface area contributed by atoms with Crippen LogP contribution in [0.15, 0.2) is 23.8 Å². The zero-order chi connectivity index (χ0) is 9.14. The van der Waals surface area contributed by atoms with Crippen molar-refractivity contribution in [2.75, 3.05) is 21.3 Å². The first-order valence-corrected chi connectivity index (χ1v) is 3.92. The summed E-state index contributed by atoms with van der Waals surface area (Å²) in [4.78, 5) is 2.05. The highest BCUT2D eigenvalue weighted by Crippen LogP contribution is 2.19. The van der Waals surface area contributed by atoms with Crippen LogP contribution in [-0.4, -0.2) is 32.2 Å². The van der Waals surface area contributed by atoms with Crippen molar-refractivity contribution in [3.63, 3.8) is 0 Å². The molecule has 0 aliphatic carbocycles. The fourth-order valence-electron chi connectivity index (χ4n) is 1.15. The molecule has 0 saturated heterocycles. The van der Waals surface area contributed by atoms with Gasteiger partial charge in [0.05, 0.1) is 20.3 Å². The molecule has 0 N–H and O–H groups in total. The van der Waals surface area contributed by atoms with Crippen LogP contribution in [0, 0.1) is 0 Å². The molecule has 0 fully saturated rings. The number of allylic oxidation sites excluding steroid dienone is 1. The summed E-state index contributed by atoms with van der Waals surface area (Å²) in [5.41, 5.74) is 0. The van der Waals surface area contributed by atoms with Gasteiger partial charge in [0.15, 0.2) is 0 Å². The zero-order valence-corrected chi connectivity index (χ0v) is 8.00. The standard InChI is InChI=1S/C9H15NO2/c1-7-9(12-4)5-8(11-3)6-10(7)2/h5-7H,1-4H3/t7-/m1/s1. The van der Waals surface area contributed by atoms with E-state index in [0.29, 0.717) is 0 Å². The minimum Gasteiger partial charge on any atom is -0.499 e. The van der Waals surface area contributed by atoms with E-state index in [2.05, 4.69) is 11.8 Å². The lowest BCUT2D eigenvalue weighted by atomic mass is 10.2. The SMILES string of the molecule is COC1=CN(C)[C@H](C)C(OC)=C1. The Bertz CT molecular complexity index is 221. The lowest BCUT2D eigenvalue weighted by molar-refractivity contribution is 0.194. The fraction of sp³-hybridized carbons (Fsp3) is 0.556. The summed E-state index contributed by atoms with van der Waals surface area (Å²) in [5.74, 6) is 1.75. The number of ether oxygens (including phenoxy) is 2. The normalized spacial score (nSPS) is 23.0. The van der Waals surface area contributed by atoms with Gasteiger partial charge in [-0.2, -0.15) is 0 Å². The van der Waals surface area contributed by atoms with Crippen LogP contribution in [0.5, 0.6) is 0 Å². The van der Waals surface area contributed by atoms with Gasteiger partial charge in [-0.1, -0.05) is 0 Å². The average molecular weight is 169 g/mol. The molecule has 0 radical (unpaired) electrons. The van der Waals surface area contributed by atoms with Crippen LogP contribution in [0.3, 0.4) is 0 Å². The molecule has 0 unspecified atom stereocenters. The number of methoxy groups -OCH3 is 2. The second-order valence-electron chi connectivity index (χ2n) is 2.83. The zero-order valence-electron chi connectivity index (χ0n) is 8.00. The van der Waals surface area contributed by atoms with E-state index in [-0.39, 0.29) is 6.04 Å². The first-order valence-electron chi connectivity index (χ1n) is 3.92. The molecule has 68 valence electrons. The summed E-state index contributed by atoms with van der Waals surface area (Å²) in [6, 6.07) is 0.286. The number of nitrogens with zero attached hydrogens (tertiary/aromatic N) is 1. The van der Waals surface area contributed by atoms with Crippen molar-refractivity contribution in [2.45, 2.75) is 13.0 Å². The Hall–Kier alpha value is -1.12. The predicted octanol–water partition coefficient (Wildman–Crippen LogP) is 1.34. The first-order chi connectivity index (χ1) is 5.69. The lowest BCUT2D eigenvalue weighted by Crippen LogP contribution is -2.29. The summed E-state index contributed by atoms with van der Waals surface area (Å²) in [6.07, 6.45) is 3.86. The Balaban J connectivity index is 2.84. The van der Waals surface area contributed by atoms with Crippen LogP contribution in [0.1, 0.15) is 6.92 Å². The smallest absolute Gasteiger partial charge is 0.138 e. The van der Waals surface area contributed by atoms with Crippen molar-refractivity contribution >= 4 is 0 Å². The molecule has 0 aromatic carbocycles. The average Bonchev–Trinajstić information content (AvgIpc) is 2.09. The van der Waals surface area contributed by atoms with Gasteiger partial charge in [-0.05, 0) is 6.92 Å². The Kier molecular flexibility index (Phi) is 2.63. The quantitative estimate of drug-likeness (QED) is 0.622. The largest absolute Gasteiger partial charge is 0.499 e. The van der Waals surface area contributed by atoms with Gasteiger partial charge in [0.2, 0.25) is 0 Å². The van der Waals surface area contributed by atoms with Crippen LogP contribution in [0.25, 0.3) is 0 Å². The van der Waals surface area contributed by atoms with Gasteiger partial charge in [-0.3, -0.25) is 0 Å². The van der Waals surface area contributed by atoms with E-state index in [1.54, 1.807) is 14.2 Å². The maximum Gasteiger partial charge on any atom is 0.138 e. The summed E-state index contributed by atoms with van der Waals surface area (Å²) >= 11 is 0.